The Morgan fingerprint density at radius 3 is 2.12 bits per heavy atom. The number of ether oxygens (including phenoxy) is 2. The van der Waals surface area contributed by atoms with Crippen LogP contribution in [0.25, 0.3) is 0 Å². The van der Waals surface area contributed by atoms with Crippen LogP contribution in [0.5, 0.6) is 0 Å². The molecule has 0 bridgehead atoms. The highest BCUT2D eigenvalue weighted by atomic mass is 16.6. The molecule has 1 heterocycles. The van der Waals surface area contributed by atoms with Gasteiger partial charge in [0.2, 0.25) is 0 Å². The summed E-state index contributed by atoms with van der Waals surface area (Å²) in [6.07, 6.45) is 13.2. The minimum Gasteiger partial charge on any atom is -0.459 e. The van der Waals surface area contributed by atoms with Gasteiger partial charge in [0.1, 0.15) is 12.2 Å². The number of carbonyl (C=O) groups excluding carboxylic acids is 1. The maximum Gasteiger partial charge on any atom is 0.338 e. The Hall–Kier alpha value is -1.35. The summed E-state index contributed by atoms with van der Waals surface area (Å²) >= 11 is 0. The van der Waals surface area contributed by atoms with Crippen LogP contribution in [0.15, 0.2) is 24.3 Å². The van der Waals surface area contributed by atoms with Crippen molar-refractivity contribution >= 4 is 5.97 Å². The Morgan fingerprint density at radius 2 is 1.56 bits per heavy atom. The van der Waals surface area contributed by atoms with Gasteiger partial charge in [-0.15, -0.1) is 0 Å². The van der Waals surface area contributed by atoms with E-state index in [1.54, 1.807) is 0 Å². The van der Waals surface area contributed by atoms with Crippen molar-refractivity contribution in [2.45, 2.75) is 83.7 Å². The molecule has 0 amide bonds. The number of hydrogen-bond acceptors (Lipinski definition) is 3. The quantitative estimate of drug-likeness (QED) is 0.261. The lowest BCUT2D eigenvalue weighted by Crippen LogP contribution is -2.18. The zero-order valence-electron chi connectivity index (χ0n) is 16.0. The molecular formula is C22H34O3. The molecular weight excluding hydrogens is 312 g/mol. The van der Waals surface area contributed by atoms with Crippen molar-refractivity contribution in [2.24, 2.45) is 0 Å². The van der Waals surface area contributed by atoms with Gasteiger partial charge in [-0.3, -0.25) is 0 Å². The Balaban J connectivity index is 1.55. The van der Waals surface area contributed by atoms with Crippen LogP contribution in [-0.2, 0) is 15.9 Å². The fraction of sp³-hybridized carbons (Fsp3) is 0.682. The van der Waals surface area contributed by atoms with Gasteiger partial charge in [0, 0.05) is 0 Å². The van der Waals surface area contributed by atoms with Gasteiger partial charge in [0.25, 0.3) is 0 Å². The highest BCUT2D eigenvalue weighted by molar-refractivity contribution is 5.89. The predicted molar refractivity (Wildman–Crippen MR) is 102 cm³/mol. The predicted octanol–water partition coefficient (Wildman–Crippen LogP) is 5.71. The first-order chi connectivity index (χ1) is 12.1. The third-order valence-electron chi connectivity index (χ3n) is 4.90. The fourth-order valence-electron chi connectivity index (χ4n) is 2.96. The topological polar surface area (TPSA) is 38.8 Å². The van der Waals surface area contributed by atoms with Crippen LogP contribution < -0.4 is 0 Å². The molecule has 3 heteroatoms. The highest BCUT2D eigenvalue weighted by Gasteiger charge is 2.40. The summed E-state index contributed by atoms with van der Waals surface area (Å²) in [5, 5.41) is 0. The minimum absolute atomic E-state index is 0.244. The maximum atomic E-state index is 12.0. The number of benzene rings is 1. The molecule has 1 atom stereocenters. The van der Waals surface area contributed by atoms with Gasteiger partial charge in [-0.25, -0.2) is 4.79 Å². The Bertz CT molecular complexity index is 503. The van der Waals surface area contributed by atoms with E-state index in [1.165, 1.54) is 63.4 Å². The second kappa shape index (κ2) is 10.6. The molecule has 1 unspecified atom stereocenters. The van der Waals surface area contributed by atoms with Gasteiger partial charge in [-0.1, -0.05) is 70.4 Å². The largest absolute Gasteiger partial charge is 0.459 e. The highest BCUT2D eigenvalue weighted by Crippen LogP contribution is 2.26. The molecule has 1 saturated heterocycles. The molecule has 140 valence electrons. The van der Waals surface area contributed by atoms with E-state index in [1.807, 2.05) is 19.1 Å². The number of aryl methyl sites for hydroxylation is 1. The summed E-state index contributed by atoms with van der Waals surface area (Å²) in [6, 6.07) is 7.86. The molecule has 0 saturated carbocycles. The molecule has 1 aromatic carbocycles. The van der Waals surface area contributed by atoms with Crippen molar-refractivity contribution in [3.05, 3.63) is 35.4 Å². The molecule has 1 aromatic rings. The molecule has 1 fully saturated rings. The Morgan fingerprint density at radius 1 is 1.00 bits per heavy atom. The molecule has 3 nitrogen and oxygen atoms in total. The summed E-state index contributed by atoms with van der Waals surface area (Å²) in [5.74, 6) is -0.258. The van der Waals surface area contributed by atoms with E-state index in [0.717, 1.165) is 6.42 Å². The fourth-order valence-corrected chi connectivity index (χ4v) is 2.96. The number of rotatable bonds is 13. The van der Waals surface area contributed by atoms with E-state index in [0.29, 0.717) is 18.8 Å². The second-order valence-electron chi connectivity index (χ2n) is 7.59. The van der Waals surface area contributed by atoms with Crippen LogP contribution in [0.4, 0.5) is 0 Å². The number of esters is 1. The average Bonchev–Trinajstić information content (AvgIpc) is 3.36. The zero-order chi connectivity index (χ0) is 18.0. The minimum atomic E-state index is -0.258. The van der Waals surface area contributed by atoms with Crippen molar-refractivity contribution in [3.8, 4) is 0 Å². The van der Waals surface area contributed by atoms with Gasteiger partial charge in [-0.05, 0) is 37.5 Å². The Kier molecular flexibility index (Phi) is 8.47. The molecule has 0 radical (unpaired) electrons. The number of unbranched alkanes of at least 4 members (excludes halogenated alkanes) is 8. The smallest absolute Gasteiger partial charge is 0.338 e. The van der Waals surface area contributed by atoms with Crippen LogP contribution >= 0.6 is 0 Å². The van der Waals surface area contributed by atoms with E-state index < -0.39 is 0 Å². The van der Waals surface area contributed by atoms with Gasteiger partial charge in [0.15, 0.2) is 0 Å². The first kappa shape index (κ1) is 20.0. The normalized spacial score (nSPS) is 19.0. The van der Waals surface area contributed by atoms with Gasteiger partial charge in [0.05, 0.1) is 12.2 Å². The maximum absolute atomic E-state index is 12.0. The van der Waals surface area contributed by atoms with Crippen LogP contribution in [0.1, 0.15) is 87.6 Å². The van der Waals surface area contributed by atoms with E-state index in [2.05, 4.69) is 19.1 Å². The van der Waals surface area contributed by atoms with Crippen LogP contribution in [0.3, 0.4) is 0 Å². The molecule has 0 aromatic heterocycles. The summed E-state index contributed by atoms with van der Waals surface area (Å²) in [6.45, 7) is 5.23. The molecule has 0 N–H and O–H groups in total. The summed E-state index contributed by atoms with van der Waals surface area (Å²) in [5.41, 5.74) is 1.68. The lowest BCUT2D eigenvalue weighted by atomic mass is 10.0. The molecule has 2 rings (SSSR count). The molecule has 25 heavy (non-hydrogen) atoms. The van der Waals surface area contributed by atoms with Gasteiger partial charge >= 0.3 is 5.97 Å². The van der Waals surface area contributed by atoms with Crippen molar-refractivity contribution in [3.63, 3.8) is 0 Å². The SMILES string of the molecule is CCCCCCCCCCCc1ccc(C(=O)OCC2(C)CO2)cc1. The van der Waals surface area contributed by atoms with E-state index >= 15 is 0 Å². The standard InChI is InChI=1S/C22H34O3/c1-3-4-5-6-7-8-9-10-11-12-19-13-15-20(16-14-19)21(23)24-17-22(2)18-25-22/h13-16H,3-12,17-18H2,1-2H3. The molecule has 0 spiro atoms. The van der Waals surface area contributed by atoms with Crippen molar-refractivity contribution in [1.82, 2.24) is 0 Å². The third kappa shape index (κ3) is 8.04. The summed E-state index contributed by atoms with van der Waals surface area (Å²) in [7, 11) is 0. The van der Waals surface area contributed by atoms with E-state index in [9.17, 15) is 4.79 Å². The molecule has 1 aliphatic heterocycles. The van der Waals surface area contributed by atoms with Crippen molar-refractivity contribution in [1.29, 1.82) is 0 Å². The van der Waals surface area contributed by atoms with Crippen LogP contribution in [-0.4, -0.2) is 24.8 Å². The third-order valence-corrected chi connectivity index (χ3v) is 4.90. The zero-order valence-corrected chi connectivity index (χ0v) is 16.0. The van der Waals surface area contributed by atoms with Crippen LogP contribution in [0, 0.1) is 0 Å². The monoisotopic (exact) mass is 346 g/mol. The lowest BCUT2D eigenvalue weighted by Gasteiger charge is -2.08. The van der Waals surface area contributed by atoms with Crippen LogP contribution in [0.2, 0.25) is 0 Å². The number of epoxide rings is 1. The first-order valence-corrected chi connectivity index (χ1v) is 10.0. The number of hydrogen-bond donors (Lipinski definition) is 0. The van der Waals surface area contributed by atoms with Crippen molar-refractivity contribution < 1.29 is 14.3 Å². The van der Waals surface area contributed by atoms with E-state index in [4.69, 9.17) is 9.47 Å². The Labute approximate surface area is 153 Å². The lowest BCUT2D eigenvalue weighted by molar-refractivity contribution is 0.0411. The molecule has 0 aliphatic carbocycles. The average molecular weight is 347 g/mol. The summed E-state index contributed by atoms with van der Waals surface area (Å²) in [4.78, 5) is 12.0. The first-order valence-electron chi connectivity index (χ1n) is 10.0. The number of carbonyl (C=O) groups is 1. The van der Waals surface area contributed by atoms with E-state index in [-0.39, 0.29) is 11.6 Å². The second-order valence-corrected chi connectivity index (χ2v) is 7.59. The van der Waals surface area contributed by atoms with Gasteiger partial charge < -0.3 is 9.47 Å². The molecule has 1 aliphatic rings. The van der Waals surface area contributed by atoms with Gasteiger partial charge in [-0.2, -0.15) is 0 Å². The van der Waals surface area contributed by atoms with Crippen molar-refractivity contribution in [2.75, 3.05) is 13.2 Å². The summed E-state index contributed by atoms with van der Waals surface area (Å²) < 4.78 is 10.5.